The van der Waals surface area contributed by atoms with Crippen LogP contribution < -0.4 is 4.90 Å². The Hall–Kier alpha value is -2.06. The first-order valence-corrected chi connectivity index (χ1v) is 8.90. The molecule has 4 rings (SSSR count). The number of ether oxygens (including phenoxy) is 1. The monoisotopic (exact) mass is 344 g/mol. The van der Waals surface area contributed by atoms with E-state index in [1.54, 1.807) is 0 Å². The topological polar surface area (TPSA) is 80.4 Å². The molecule has 2 aliphatic rings. The van der Waals surface area contributed by atoms with E-state index in [1.807, 2.05) is 20.0 Å². The summed E-state index contributed by atoms with van der Waals surface area (Å²) in [5.74, 6) is 2.36. The van der Waals surface area contributed by atoms with Crippen molar-refractivity contribution in [1.29, 1.82) is 0 Å². The molecule has 0 spiro atoms. The van der Waals surface area contributed by atoms with E-state index in [9.17, 15) is 0 Å². The Morgan fingerprint density at radius 3 is 2.76 bits per heavy atom. The smallest absolute Gasteiger partial charge is 0.255 e. The Balaban J connectivity index is 1.34. The van der Waals surface area contributed by atoms with Crippen LogP contribution in [0.2, 0.25) is 0 Å². The van der Waals surface area contributed by atoms with E-state index in [2.05, 4.69) is 29.9 Å². The van der Waals surface area contributed by atoms with Crippen molar-refractivity contribution in [2.24, 2.45) is 0 Å². The van der Waals surface area contributed by atoms with Crippen molar-refractivity contribution in [1.82, 2.24) is 25.0 Å². The Labute approximate surface area is 147 Å². The second-order valence-electron chi connectivity index (χ2n) is 6.73. The van der Waals surface area contributed by atoms with Crippen LogP contribution in [-0.2, 0) is 11.3 Å². The third-order valence-corrected chi connectivity index (χ3v) is 4.78. The fourth-order valence-corrected chi connectivity index (χ4v) is 3.38. The Kier molecular flexibility index (Phi) is 4.63. The largest absolute Gasteiger partial charge is 0.368 e. The maximum Gasteiger partial charge on any atom is 0.255 e. The van der Waals surface area contributed by atoms with Gasteiger partial charge in [-0.05, 0) is 26.7 Å². The van der Waals surface area contributed by atoms with Crippen molar-refractivity contribution in [3.8, 4) is 0 Å². The number of aromatic nitrogens is 4. The predicted molar refractivity (Wildman–Crippen MR) is 91.2 cm³/mol. The second-order valence-corrected chi connectivity index (χ2v) is 6.73. The van der Waals surface area contributed by atoms with Gasteiger partial charge in [-0.2, -0.15) is 4.98 Å². The SMILES string of the molecule is Cc1cnc(C)c(N2CCN(Cc3noc([C@H]4CCCO4)n3)CC2)n1. The third kappa shape index (κ3) is 3.64. The minimum Gasteiger partial charge on any atom is -0.368 e. The molecular formula is C17H24N6O2. The molecule has 8 heteroatoms. The molecule has 2 fully saturated rings. The summed E-state index contributed by atoms with van der Waals surface area (Å²) >= 11 is 0. The molecule has 0 radical (unpaired) electrons. The normalized spacial score (nSPS) is 21.8. The van der Waals surface area contributed by atoms with Crippen LogP contribution in [0.1, 0.15) is 42.0 Å². The van der Waals surface area contributed by atoms with Crippen LogP contribution in [0.5, 0.6) is 0 Å². The van der Waals surface area contributed by atoms with Crippen LogP contribution in [0.25, 0.3) is 0 Å². The number of hydrogen-bond donors (Lipinski definition) is 0. The minimum absolute atomic E-state index is 0.0130. The van der Waals surface area contributed by atoms with Crippen molar-refractivity contribution in [3.63, 3.8) is 0 Å². The van der Waals surface area contributed by atoms with Gasteiger partial charge in [0.15, 0.2) is 5.82 Å². The van der Waals surface area contributed by atoms with Gasteiger partial charge in [-0.15, -0.1) is 0 Å². The van der Waals surface area contributed by atoms with Crippen LogP contribution in [0.15, 0.2) is 10.7 Å². The minimum atomic E-state index is -0.0130. The molecule has 0 bridgehead atoms. The number of aryl methyl sites for hydroxylation is 2. The van der Waals surface area contributed by atoms with Gasteiger partial charge in [0, 0.05) is 39.0 Å². The number of anilines is 1. The highest BCUT2D eigenvalue weighted by Crippen LogP contribution is 2.27. The average Bonchev–Trinajstić information content (AvgIpc) is 3.29. The maximum atomic E-state index is 5.60. The molecule has 25 heavy (non-hydrogen) atoms. The van der Waals surface area contributed by atoms with Gasteiger partial charge in [0.1, 0.15) is 11.9 Å². The number of rotatable bonds is 4. The third-order valence-electron chi connectivity index (χ3n) is 4.78. The first kappa shape index (κ1) is 16.4. The molecule has 2 aliphatic heterocycles. The summed E-state index contributed by atoms with van der Waals surface area (Å²) in [6, 6.07) is 0. The summed E-state index contributed by atoms with van der Waals surface area (Å²) < 4.78 is 11.0. The zero-order chi connectivity index (χ0) is 17.2. The van der Waals surface area contributed by atoms with Crippen molar-refractivity contribution < 1.29 is 9.26 Å². The summed E-state index contributed by atoms with van der Waals surface area (Å²) in [5.41, 5.74) is 1.94. The molecule has 8 nitrogen and oxygen atoms in total. The van der Waals surface area contributed by atoms with Crippen LogP contribution in [0, 0.1) is 13.8 Å². The quantitative estimate of drug-likeness (QED) is 0.828. The molecule has 0 N–H and O–H groups in total. The van der Waals surface area contributed by atoms with E-state index in [1.165, 1.54) is 0 Å². The van der Waals surface area contributed by atoms with Gasteiger partial charge in [0.05, 0.1) is 17.9 Å². The summed E-state index contributed by atoms with van der Waals surface area (Å²) in [4.78, 5) is 18.2. The first-order valence-electron chi connectivity index (χ1n) is 8.90. The Morgan fingerprint density at radius 2 is 2.00 bits per heavy atom. The van der Waals surface area contributed by atoms with Crippen molar-refractivity contribution in [2.45, 2.75) is 39.3 Å². The molecule has 2 aromatic rings. The first-order chi connectivity index (χ1) is 12.2. The van der Waals surface area contributed by atoms with Crippen molar-refractivity contribution in [2.75, 3.05) is 37.7 Å². The van der Waals surface area contributed by atoms with Gasteiger partial charge in [0.25, 0.3) is 5.89 Å². The molecule has 2 saturated heterocycles. The van der Waals surface area contributed by atoms with Crippen LogP contribution >= 0.6 is 0 Å². The average molecular weight is 344 g/mol. The molecule has 0 unspecified atom stereocenters. The van der Waals surface area contributed by atoms with Gasteiger partial charge < -0.3 is 14.2 Å². The highest BCUT2D eigenvalue weighted by molar-refractivity contribution is 5.43. The lowest BCUT2D eigenvalue weighted by molar-refractivity contribution is 0.0835. The molecular weight excluding hydrogens is 320 g/mol. The summed E-state index contributed by atoms with van der Waals surface area (Å²) in [6.45, 7) is 9.23. The standard InChI is InChI=1S/C17H24N6O2/c1-12-10-18-13(2)16(19-12)23-7-5-22(6-8-23)11-15-20-17(25-21-15)14-4-3-9-24-14/h10,14H,3-9,11H2,1-2H3/t14-/m1/s1. The van der Waals surface area contributed by atoms with E-state index in [-0.39, 0.29) is 6.10 Å². The molecule has 0 aromatic carbocycles. The number of hydrogen-bond acceptors (Lipinski definition) is 8. The van der Waals surface area contributed by atoms with Crippen molar-refractivity contribution >= 4 is 5.82 Å². The molecule has 0 amide bonds. The maximum absolute atomic E-state index is 5.60. The fourth-order valence-electron chi connectivity index (χ4n) is 3.38. The van der Waals surface area contributed by atoms with E-state index < -0.39 is 0 Å². The van der Waals surface area contributed by atoms with Gasteiger partial charge in [-0.3, -0.25) is 9.88 Å². The van der Waals surface area contributed by atoms with E-state index in [4.69, 9.17) is 9.26 Å². The Bertz CT molecular complexity index is 720. The van der Waals surface area contributed by atoms with Crippen LogP contribution in [0.3, 0.4) is 0 Å². The molecule has 0 aliphatic carbocycles. The lowest BCUT2D eigenvalue weighted by atomic mass is 10.2. The Morgan fingerprint density at radius 1 is 1.16 bits per heavy atom. The second kappa shape index (κ2) is 7.05. The number of nitrogens with zero attached hydrogens (tertiary/aromatic N) is 6. The highest BCUT2D eigenvalue weighted by Gasteiger charge is 2.25. The molecule has 1 atom stereocenters. The van der Waals surface area contributed by atoms with Crippen LogP contribution in [-0.4, -0.2) is 57.8 Å². The predicted octanol–water partition coefficient (Wildman–Crippen LogP) is 1.65. The van der Waals surface area contributed by atoms with Crippen LogP contribution in [0.4, 0.5) is 5.82 Å². The lowest BCUT2D eigenvalue weighted by Crippen LogP contribution is -2.46. The van der Waals surface area contributed by atoms with Gasteiger partial charge in [-0.1, -0.05) is 5.16 Å². The van der Waals surface area contributed by atoms with Gasteiger partial charge in [0.2, 0.25) is 0 Å². The van der Waals surface area contributed by atoms with E-state index in [0.29, 0.717) is 12.4 Å². The lowest BCUT2D eigenvalue weighted by Gasteiger charge is -2.35. The van der Waals surface area contributed by atoms with Gasteiger partial charge >= 0.3 is 0 Å². The van der Waals surface area contributed by atoms with Crippen molar-refractivity contribution in [3.05, 3.63) is 29.3 Å². The van der Waals surface area contributed by atoms with E-state index in [0.717, 1.165) is 68.7 Å². The molecule has 134 valence electrons. The summed E-state index contributed by atoms with van der Waals surface area (Å²) in [7, 11) is 0. The van der Waals surface area contributed by atoms with Gasteiger partial charge in [-0.25, -0.2) is 4.98 Å². The van der Waals surface area contributed by atoms with E-state index >= 15 is 0 Å². The summed E-state index contributed by atoms with van der Waals surface area (Å²) in [6.07, 6.45) is 3.83. The molecule has 2 aromatic heterocycles. The fraction of sp³-hybridized carbons (Fsp3) is 0.647. The molecule has 0 saturated carbocycles. The number of piperazine rings is 1. The highest BCUT2D eigenvalue weighted by atomic mass is 16.5. The summed E-state index contributed by atoms with van der Waals surface area (Å²) in [5, 5.41) is 4.11. The zero-order valence-electron chi connectivity index (χ0n) is 14.8. The molecule has 4 heterocycles. The zero-order valence-corrected chi connectivity index (χ0v) is 14.8.